The van der Waals surface area contributed by atoms with Gasteiger partial charge < -0.3 is 25.0 Å². The molecule has 2 aromatic rings. The minimum absolute atomic E-state index is 0. The minimum atomic E-state index is 0. The molecule has 0 amide bonds. The number of nitrogens with one attached hydrogen (secondary N) is 1. The largest absolute Gasteiger partial charge is 0.490 e. The van der Waals surface area contributed by atoms with Gasteiger partial charge in [0.25, 0.3) is 0 Å². The molecule has 0 spiro atoms. The summed E-state index contributed by atoms with van der Waals surface area (Å²) < 4.78 is 16.2. The fourth-order valence-electron chi connectivity index (χ4n) is 2.14. The van der Waals surface area contributed by atoms with Gasteiger partial charge in [0.05, 0.1) is 19.8 Å². The predicted octanol–water partition coefficient (Wildman–Crippen LogP) is 2.13. The average molecular weight is 445 g/mol. The summed E-state index contributed by atoms with van der Waals surface area (Å²) in [5, 5.41) is 6.75. The molecule has 0 radical (unpaired) electrons. The summed E-state index contributed by atoms with van der Waals surface area (Å²) >= 11 is 0. The van der Waals surface area contributed by atoms with Crippen LogP contribution in [0.15, 0.2) is 27.7 Å². The summed E-state index contributed by atoms with van der Waals surface area (Å²) in [6.45, 7) is 3.55. The van der Waals surface area contributed by atoms with Crippen LogP contribution in [0.3, 0.4) is 0 Å². The van der Waals surface area contributed by atoms with Crippen molar-refractivity contribution >= 4 is 35.6 Å². The Bertz CT molecular complexity index is 704. The number of ether oxygens (including phenoxy) is 2. The number of fused-ring (bicyclic) bond motifs is 1. The average Bonchev–Trinajstić information content (AvgIpc) is 2.81. The number of benzene rings is 1. The molecule has 0 bridgehead atoms. The van der Waals surface area contributed by atoms with E-state index in [-0.39, 0.29) is 24.0 Å². The number of guanidine groups is 1. The van der Waals surface area contributed by atoms with Crippen LogP contribution >= 0.6 is 24.0 Å². The topological polar surface area (TPSA) is 108 Å². The van der Waals surface area contributed by atoms with E-state index in [9.17, 15) is 0 Å². The molecule has 0 atom stereocenters. The van der Waals surface area contributed by atoms with Crippen LogP contribution in [0.2, 0.25) is 0 Å². The second kappa shape index (κ2) is 8.71. The van der Waals surface area contributed by atoms with Gasteiger partial charge in [0.15, 0.2) is 23.3 Å². The molecule has 1 aliphatic heterocycles. The Labute approximate surface area is 156 Å². The summed E-state index contributed by atoms with van der Waals surface area (Å²) in [7, 11) is 0. The van der Waals surface area contributed by atoms with Gasteiger partial charge in [-0.1, -0.05) is 5.16 Å². The molecule has 1 aromatic heterocycles. The van der Waals surface area contributed by atoms with Crippen LogP contribution < -0.4 is 20.5 Å². The molecule has 130 valence electrons. The maximum atomic E-state index is 5.88. The summed E-state index contributed by atoms with van der Waals surface area (Å²) in [4.78, 5) is 8.35. The van der Waals surface area contributed by atoms with Crippen LogP contribution in [-0.2, 0) is 6.42 Å². The highest BCUT2D eigenvalue weighted by atomic mass is 127. The SMILES string of the molecule is Cc1noc(CCN=C(N)Nc2ccc3c(c2)OCCCO3)n1.I. The number of aliphatic imine (C=N–C) groups is 1. The molecule has 0 unspecified atom stereocenters. The van der Waals surface area contributed by atoms with E-state index in [1.165, 1.54) is 0 Å². The number of nitrogens with zero attached hydrogens (tertiary/aromatic N) is 3. The molecule has 0 aliphatic carbocycles. The van der Waals surface area contributed by atoms with Crippen molar-refractivity contribution in [1.29, 1.82) is 0 Å². The highest BCUT2D eigenvalue weighted by Crippen LogP contribution is 2.32. The quantitative estimate of drug-likeness (QED) is 0.422. The van der Waals surface area contributed by atoms with Gasteiger partial charge in [-0.15, -0.1) is 24.0 Å². The van der Waals surface area contributed by atoms with Crippen molar-refractivity contribution in [1.82, 2.24) is 10.1 Å². The minimum Gasteiger partial charge on any atom is -0.490 e. The summed E-state index contributed by atoms with van der Waals surface area (Å²) in [6, 6.07) is 5.58. The number of nitrogens with two attached hydrogens (primary N) is 1. The Balaban J connectivity index is 0.00000208. The first-order chi connectivity index (χ1) is 11.2. The Morgan fingerprint density at radius 3 is 2.83 bits per heavy atom. The first-order valence-electron chi connectivity index (χ1n) is 7.46. The van der Waals surface area contributed by atoms with Crippen molar-refractivity contribution < 1.29 is 14.0 Å². The summed E-state index contributed by atoms with van der Waals surface area (Å²) in [5.74, 6) is 2.93. The number of rotatable bonds is 4. The van der Waals surface area contributed by atoms with Crippen molar-refractivity contribution in [3.8, 4) is 11.5 Å². The lowest BCUT2D eigenvalue weighted by atomic mass is 10.3. The normalized spacial score (nSPS) is 13.8. The van der Waals surface area contributed by atoms with Crippen LogP contribution in [0.1, 0.15) is 18.1 Å². The lowest BCUT2D eigenvalue weighted by molar-refractivity contribution is 0.297. The molecule has 0 saturated heterocycles. The Hall–Kier alpha value is -2.04. The summed E-state index contributed by atoms with van der Waals surface area (Å²) in [5.41, 5.74) is 6.68. The van der Waals surface area contributed by atoms with Crippen molar-refractivity contribution in [2.75, 3.05) is 25.1 Å². The molecular formula is C15H20IN5O3. The third kappa shape index (κ3) is 4.98. The van der Waals surface area contributed by atoms with Gasteiger partial charge in [-0.25, -0.2) is 0 Å². The Morgan fingerprint density at radius 1 is 1.29 bits per heavy atom. The van der Waals surface area contributed by atoms with Gasteiger partial charge in [-0.05, 0) is 19.1 Å². The van der Waals surface area contributed by atoms with E-state index >= 15 is 0 Å². The highest BCUT2D eigenvalue weighted by molar-refractivity contribution is 14.0. The molecule has 1 aliphatic rings. The molecule has 0 saturated carbocycles. The molecule has 3 rings (SSSR count). The smallest absolute Gasteiger partial charge is 0.228 e. The molecule has 2 heterocycles. The van der Waals surface area contributed by atoms with Gasteiger partial charge in [-0.2, -0.15) is 4.98 Å². The van der Waals surface area contributed by atoms with Crippen LogP contribution in [0.4, 0.5) is 5.69 Å². The van der Waals surface area contributed by atoms with Crippen molar-refractivity contribution in [2.24, 2.45) is 10.7 Å². The number of anilines is 1. The number of hydrogen-bond acceptors (Lipinski definition) is 6. The summed E-state index contributed by atoms with van der Waals surface area (Å²) in [6.07, 6.45) is 1.42. The van der Waals surface area contributed by atoms with E-state index < -0.39 is 0 Å². The van der Waals surface area contributed by atoms with E-state index in [0.29, 0.717) is 49.6 Å². The van der Waals surface area contributed by atoms with Gasteiger partial charge in [-0.3, -0.25) is 4.99 Å². The van der Waals surface area contributed by atoms with Crippen LogP contribution in [-0.4, -0.2) is 35.9 Å². The fourth-order valence-corrected chi connectivity index (χ4v) is 2.14. The van der Waals surface area contributed by atoms with E-state index in [1.54, 1.807) is 6.92 Å². The Morgan fingerprint density at radius 2 is 2.08 bits per heavy atom. The Kier molecular flexibility index (Phi) is 6.64. The predicted molar refractivity (Wildman–Crippen MR) is 100 cm³/mol. The maximum absolute atomic E-state index is 5.88. The van der Waals surface area contributed by atoms with E-state index in [2.05, 4.69) is 20.4 Å². The van der Waals surface area contributed by atoms with Gasteiger partial charge in [0.1, 0.15) is 0 Å². The second-order valence-electron chi connectivity index (χ2n) is 5.09. The lowest BCUT2D eigenvalue weighted by Crippen LogP contribution is -2.23. The van der Waals surface area contributed by atoms with E-state index in [0.717, 1.165) is 17.9 Å². The maximum Gasteiger partial charge on any atom is 0.228 e. The number of hydrogen-bond donors (Lipinski definition) is 2. The monoisotopic (exact) mass is 445 g/mol. The third-order valence-electron chi connectivity index (χ3n) is 3.20. The van der Waals surface area contributed by atoms with Crippen LogP contribution in [0.5, 0.6) is 11.5 Å². The molecule has 8 nitrogen and oxygen atoms in total. The van der Waals surface area contributed by atoms with Crippen molar-refractivity contribution in [2.45, 2.75) is 19.8 Å². The first kappa shape index (κ1) is 18.3. The number of aryl methyl sites for hydroxylation is 1. The first-order valence-corrected chi connectivity index (χ1v) is 7.46. The van der Waals surface area contributed by atoms with Crippen LogP contribution in [0.25, 0.3) is 0 Å². The van der Waals surface area contributed by atoms with Crippen LogP contribution in [0, 0.1) is 6.92 Å². The van der Waals surface area contributed by atoms with E-state index in [1.807, 2.05) is 18.2 Å². The molecule has 9 heteroatoms. The lowest BCUT2D eigenvalue weighted by Gasteiger charge is -2.10. The van der Waals surface area contributed by atoms with Crippen molar-refractivity contribution in [3.63, 3.8) is 0 Å². The molecule has 3 N–H and O–H groups in total. The standard InChI is InChI=1S/C15H19N5O3.HI/c1-10-18-14(23-20-10)5-6-17-15(16)19-11-3-4-12-13(9-11)22-8-2-7-21-12;/h3-4,9H,2,5-8H2,1H3,(H3,16,17,19);1H. The number of aromatic nitrogens is 2. The fraction of sp³-hybridized carbons (Fsp3) is 0.400. The zero-order chi connectivity index (χ0) is 16.1. The zero-order valence-electron chi connectivity index (χ0n) is 13.3. The second-order valence-corrected chi connectivity index (χ2v) is 5.09. The third-order valence-corrected chi connectivity index (χ3v) is 3.20. The molecule has 24 heavy (non-hydrogen) atoms. The molecule has 1 aromatic carbocycles. The van der Waals surface area contributed by atoms with Gasteiger partial charge in [0, 0.05) is 24.6 Å². The van der Waals surface area contributed by atoms with Gasteiger partial charge >= 0.3 is 0 Å². The molecule has 0 fully saturated rings. The van der Waals surface area contributed by atoms with E-state index in [4.69, 9.17) is 19.7 Å². The number of halogens is 1. The zero-order valence-corrected chi connectivity index (χ0v) is 15.6. The highest BCUT2D eigenvalue weighted by Gasteiger charge is 2.10. The van der Waals surface area contributed by atoms with Crippen molar-refractivity contribution in [3.05, 3.63) is 29.9 Å². The van der Waals surface area contributed by atoms with Gasteiger partial charge in [0.2, 0.25) is 5.89 Å². The molecular weight excluding hydrogens is 425 g/mol.